The third-order valence-corrected chi connectivity index (χ3v) is 10.1. The van der Waals surface area contributed by atoms with E-state index < -0.39 is 0 Å². The van der Waals surface area contributed by atoms with Crippen LogP contribution in [0.3, 0.4) is 0 Å². The molecule has 0 N–H and O–H groups in total. The zero-order chi connectivity index (χ0) is 22.5. The molecule has 0 aromatic rings. The lowest BCUT2D eigenvalue weighted by Crippen LogP contribution is -2.59. The van der Waals surface area contributed by atoms with Crippen LogP contribution >= 0.6 is 0 Å². The van der Waals surface area contributed by atoms with Crippen LogP contribution in [0.25, 0.3) is 0 Å². The first-order valence-corrected chi connectivity index (χ1v) is 15.0. The molecule has 5 rings (SSSR count). The molecule has 5 aliphatic rings. The molecule has 4 heterocycles. The topological polar surface area (TPSA) is 23.6 Å². The maximum atomic E-state index is 13.3. The Kier molecular flexibility index (Phi) is 8.63. The van der Waals surface area contributed by atoms with Gasteiger partial charge in [-0.2, -0.15) is 0 Å². The first kappa shape index (κ1) is 24.0. The summed E-state index contributed by atoms with van der Waals surface area (Å²) in [6, 6.07) is 0.550. The Bertz CT molecular complexity index is 672. The molecule has 6 atom stereocenters. The molecule has 3 nitrogen and oxygen atoms in total. The molecule has 4 aliphatic heterocycles. The zero-order valence-corrected chi connectivity index (χ0v) is 21.3. The highest BCUT2D eigenvalue weighted by Crippen LogP contribution is 2.45. The normalized spacial score (nSPS) is 40.0. The summed E-state index contributed by atoms with van der Waals surface area (Å²) in [7, 11) is 0. The Morgan fingerprint density at radius 2 is 1.39 bits per heavy atom. The summed E-state index contributed by atoms with van der Waals surface area (Å²) in [4.78, 5) is 18.9. The van der Waals surface area contributed by atoms with Crippen molar-refractivity contribution in [3.05, 3.63) is 11.6 Å². The summed E-state index contributed by atoms with van der Waals surface area (Å²) in [5.41, 5.74) is 1.76. The lowest BCUT2D eigenvalue weighted by Gasteiger charge is -2.53. The Hall–Kier alpha value is -0.670. The molecular formula is C30H50N2O. The summed E-state index contributed by atoms with van der Waals surface area (Å²) >= 11 is 0. The maximum Gasteiger partial charge on any atom is 0.138 e. The largest absolute Gasteiger partial charge is 0.299 e. The number of rotatable bonds is 0. The molecule has 3 saturated heterocycles. The van der Waals surface area contributed by atoms with E-state index >= 15 is 0 Å². The van der Waals surface area contributed by atoms with Gasteiger partial charge < -0.3 is 0 Å². The fraction of sp³-hybridized carbons (Fsp3) is 0.900. The first-order valence-electron chi connectivity index (χ1n) is 15.0. The Labute approximate surface area is 203 Å². The summed E-state index contributed by atoms with van der Waals surface area (Å²) in [5.74, 6) is 3.20. The van der Waals surface area contributed by atoms with E-state index in [1.807, 2.05) is 0 Å². The van der Waals surface area contributed by atoms with Gasteiger partial charge in [0.15, 0.2) is 0 Å². The van der Waals surface area contributed by atoms with Gasteiger partial charge in [-0.05, 0) is 69.4 Å². The number of hydrogen-bond donors (Lipinski definition) is 0. The minimum absolute atomic E-state index is 0.331. The van der Waals surface area contributed by atoms with Crippen molar-refractivity contribution in [2.24, 2.45) is 23.7 Å². The first-order chi connectivity index (χ1) is 16.3. The van der Waals surface area contributed by atoms with Gasteiger partial charge in [-0.15, -0.1) is 0 Å². The molecule has 33 heavy (non-hydrogen) atoms. The molecule has 0 spiro atoms. The fourth-order valence-corrected chi connectivity index (χ4v) is 8.39. The van der Waals surface area contributed by atoms with Crippen molar-refractivity contribution in [2.75, 3.05) is 32.7 Å². The highest BCUT2D eigenvalue weighted by molar-refractivity contribution is 5.82. The van der Waals surface area contributed by atoms with Crippen LogP contribution in [0.5, 0.6) is 0 Å². The Morgan fingerprint density at radius 1 is 0.667 bits per heavy atom. The number of ketones is 1. The maximum absolute atomic E-state index is 13.3. The van der Waals surface area contributed by atoms with Crippen molar-refractivity contribution >= 4 is 5.78 Å². The molecule has 0 amide bonds. The van der Waals surface area contributed by atoms with Crippen molar-refractivity contribution < 1.29 is 4.79 Å². The van der Waals surface area contributed by atoms with Crippen LogP contribution in [0, 0.1) is 23.7 Å². The molecule has 6 bridgehead atoms. The summed E-state index contributed by atoms with van der Waals surface area (Å²) in [6.45, 7) is 6.12. The predicted octanol–water partition coefficient (Wildman–Crippen LogP) is 6.62. The molecule has 3 fully saturated rings. The van der Waals surface area contributed by atoms with Crippen LogP contribution in [-0.4, -0.2) is 54.3 Å². The van der Waals surface area contributed by atoms with Crippen LogP contribution < -0.4 is 0 Å². The predicted molar refractivity (Wildman–Crippen MR) is 137 cm³/mol. The molecule has 3 unspecified atom stereocenters. The Morgan fingerprint density at radius 3 is 2.24 bits per heavy atom. The molecule has 0 aromatic carbocycles. The van der Waals surface area contributed by atoms with Crippen molar-refractivity contribution in [1.82, 2.24) is 9.80 Å². The van der Waals surface area contributed by atoms with Gasteiger partial charge in [0.2, 0.25) is 0 Å². The summed E-state index contributed by atoms with van der Waals surface area (Å²) in [6.07, 6.45) is 25.5. The van der Waals surface area contributed by atoms with E-state index in [2.05, 4.69) is 15.9 Å². The molecule has 3 heteroatoms. The highest BCUT2D eigenvalue weighted by Gasteiger charge is 2.48. The number of carbonyl (C=O) groups is 1. The van der Waals surface area contributed by atoms with Gasteiger partial charge in [-0.25, -0.2) is 0 Å². The summed E-state index contributed by atoms with van der Waals surface area (Å²) < 4.78 is 0. The third kappa shape index (κ3) is 5.95. The average Bonchev–Trinajstić information content (AvgIpc) is 2.82. The Balaban J connectivity index is 1.46. The van der Waals surface area contributed by atoms with Crippen LogP contribution in [0.2, 0.25) is 0 Å². The van der Waals surface area contributed by atoms with E-state index in [9.17, 15) is 4.79 Å². The van der Waals surface area contributed by atoms with Crippen molar-refractivity contribution in [3.63, 3.8) is 0 Å². The summed E-state index contributed by atoms with van der Waals surface area (Å²) in [5, 5.41) is 0. The van der Waals surface area contributed by atoms with E-state index in [1.165, 1.54) is 129 Å². The minimum Gasteiger partial charge on any atom is -0.299 e. The lowest BCUT2D eigenvalue weighted by molar-refractivity contribution is -0.135. The number of nitrogens with zero attached hydrogens (tertiary/aromatic N) is 2. The van der Waals surface area contributed by atoms with Crippen molar-refractivity contribution in [3.8, 4) is 0 Å². The second-order valence-corrected chi connectivity index (χ2v) is 12.3. The monoisotopic (exact) mass is 454 g/mol. The fourth-order valence-electron chi connectivity index (χ4n) is 8.39. The van der Waals surface area contributed by atoms with E-state index in [0.29, 0.717) is 17.7 Å². The number of Topliss-reactive ketones (excluding diaryl/α,β-unsaturated/α-hetero) is 1. The molecule has 1 aliphatic carbocycles. The average molecular weight is 455 g/mol. The van der Waals surface area contributed by atoms with Crippen LogP contribution in [0.4, 0.5) is 0 Å². The van der Waals surface area contributed by atoms with Gasteiger partial charge in [0.05, 0.1) is 0 Å². The molecule has 0 radical (unpaired) electrons. The lowest BCUT2D eigenvalue weighted by atomic mass is 9.64. The third-order valence-electron chi connectivity index (χ3n) is 10.1. The van der Waals surface area contributed by atoms with Crippen LogP contribution in [0.1, 0.15) is 109 Å². The van der Waals surface area contributed by atoms with Gasteiger partial charge in [0.1, 0.15) is 5.78 Å². The van der Waals surface area contributed by atoms with Gasteiger partial charge in [-0.3, -0.25) is 14.6 Å². The second kappa shape index (κ2) is 11.8. The van der Waals surface area contributed by atoms with Crippen molar-refractivity contribution in [1.29, 1.82) is 0 Å². The van der Waals surface area contributed by atoms with Gasteiger partial charge >= 0.3 is 0 Å². The van der Waals surface area contributed by atoms with Crippen molar-refractivity contribution in [2.45, 2.75) is 115 Å². The van der Waals surface area contributed by atoms with E-state index in [4.69, 9.17) is 0 Å². The van der Waals surface area contributed by atoms with Gasteiger partial charge in [-0.1, -0.05) is 75.9 Å². The van der Waals surface area contributed by atoms with E-state index in [0.717, 1.165) is 30.7 Å². The van der Waals surface area contributed by atoms with E-state index in [-0.39, 0.29) is 0 Å². The minimum atomic E-state index is 0.331. The molecule has 0 saturated carbocycles. The molecule has 186 valence electrons. The molecular weight excluding hydrogens is 404 g/mol. The van der Waals surface area contributed by atoms with Crippen LogP contribution in [-0.2, 0) is 4.79 Å². The highest BCUT2D eigenvalue weighted by atomic mass is 16.1. The number of piperidine rings is 2. The smallest absolute Gasteiger partial charge is 0.138 e. The van der Waals surface area contributed by atoms with Crippen LogP contribution in [0.15, 0.2) is 11.6 Å². The number of hydrogen-bond acceptors (Lipinski definition) is 3. The standard InChI is InChI=1S/C30H50N2O/c33-29-17-20-32-19-16-26-25-21-24-13-9-6-7-11-15-28(29)30(32)27(26)14-10-5-3-1-2-4-8-12-18-31(22-24)23-25/h21,25-28,30H,1-20,22-23H2/t25?,26?,27-,28-,30-/m1/s1. The quantitative estimate of drug-likeness (QED) is 0.384. The second-order valence-electron chi connectivity index (χ2n) is 12.3. The molecule has 0 aromatic heterocycles. The SMILES string of the molecule is O=C1CCN2CCC3C4C=C5CCCCCC[C@H]1[C@H]2[C@@H]3CCCCCCCCCCN(C5)C4. The van der Waals surface area contributed by atoms with Gasteiger partial charge in [0, 0.05) is 38.0 Å². The zero-order valence-electron chi connectivity index (χ0n) is 21.3. The number of fused-ring (bicyclic) bond motifs is 1. The number of carbonyl (C=O) groups excluding carboxylic acids is 1. The van der Waals surface area contributed by atoms with E-state index in [1.54, 1.807) is 5.57 Å². The van der Waals surface area contributed by atoms with Gasteiger partial charge in [0.25, 0.3) is 0 Å².